The molecule has 1 aromatic rings. The van der Waals surface area contributed by atoms with Crippen LogP contribution in [0.1, 0.15) is 24.3 Å². The molecule has 0 aliphatic heterocycles. The molecule has 0 aliphatic rings. The number of carboxylic acids is 1. The van der Waals surface area contributed by atoms with E-state index in [4.69, 9.17) is 5.11 Å². The van der Waals surface area contributed by atoms with Gasteiger partial charge in [0.05, 0.1) is 5.92 Å². The van der Waals surface area contributed by atoms with Gasteiger partial charge in [-0.15, -0.1) is 11.3 Å². The quantitative estimate of drug-likeness (QED) is 0.780. The summed E-state index contributed by atoms with van der Waals surface area (Å²) in [5, 5.41) is 20.3. The van der Waals surface area contributed by atoms with Gasteiger partial charge in [0.15, 0.2) is 0 Å². The van der Waals surface area contributed by atoms with Gasteiger partial charge < -0.3 is 10.2 Å². The first-order valence-electron chi connectivity index (χ1n) is 4.11. The molecule has 1 rings (SSSR count). The summed E-state index contributed by atoms with van der Waals surface area (Å²) < 4.78 is 0. The Bertz CT molecular complexity index is 268. The highest BCUT2D eigenvalue weighted by Crippen LogP contribution is 2.27. The summed E-state index contributed by atoms with van der Waals surface area (Å²) in [5.74, 6) is -1.64. The Labute approximate surface area is 80.6 Å². The van der Waals surface area contributed by atoms with Crippen molar-refractivity contribution >= 4 is 17.3 Å². The number of aliphatic carboxylic acids is 1. The first-order chi connectivity index (χ1) is 6.16. The van der Waals surface area contributed by atoms with Crippen molar-refractivity contribution in [1.29, 1.82) is 0 Å². The molecule has 13 heavy (non-hydrogen) atoms. The minimum absolute atomic E-state index is 0.439. The third kappa shape index (κ3) is 2.29. The molecular weight excluding hydrogens is 188 g/mol. The molecule has 0 saturated heterocycles. The van der Waals surface area contributed by atoms with Gasteiger partial charge in [-0.25, -0.2) is 0 Å². The summed E-state index contributed by atoms with van der Waals surface area (Å²) >= 11 is 1.38. The number of thiophene rings is 1. The van der Waals surface area contributed by atoms with Crippen LogP contribution >= 0.6 is 11.3 Å². The lowest BCUT2D eigenvalue weighted by atomic mass is 9.99. The molecule has 0 radical (unpaired) electrons. The van der Waals surface area contributed by atoms with Gasteiger partial charge in [0, 0.05) is 4.88 Å². The Morgan fingerprint density at radius 3 is 2.77 bits per heavy atom. The van der Waals surface area contributed by atoms with E-state index in [0.29, 0.717) is 11.3 Å². The molecule has 1 unspecified atom stereocenters. The molecule has 0 amide bonds. The Morgan fingerprint density at radius 2 is 2.38 bits per heavy atom. The number of rotatable bonds is 4. The van der Waals surface area contributed by atoms with Crippen LogP contribution in [-0.4, -0.2) is 16.2 Å². The summed E-state index contributed by atoms with van der Waals surface area (Å²) in [7, 11) is 0. The van der Waals surface area contributed by atoms with E-state index in [-0.39, 0.29) is 0 Å². The lowest BCUT2D eigenvalue weighted by molar-refractivity contribution is -0.145. The monoisotopic (exact) mass is 200 g/mol. The molecule has 2 N–H and O–H groups in total. The van der Waals surface area contributed by atoms with Gasteiger partial charge in [-0.05, 0) is 17.9 Å². The summed E-state index contributed by atoms with van der Waals surface area (Å²) in [6.45, 7) is 1.76. The molecule has 0 bridgehead atoms. The fraction of sp³-hybridized carbons (Fsp3) is 0.444. The van der Waals surface area contributed by atoms with Crippen molar-refractivity contribution in [1.82, 2.24) is 0 Å². The first-order valence-corrected chi connectivity index (χ1v) is 4.99. The van der Waals surface area contributed by atoms with E-state index in [0.717, 1.165) is 0 Å². The SMILES string of the molecule is CC[C@H](C(=O)O)C(O)c1cccs1. The maximum atomic E-state index is 10.7. The summed E-state index contributed by atoms with van der Waals surface area (Å²) in [6, 6.07) is 3.55. The molecule has 3 nitrogen and oxygen atoms in total. The van der Waals surface area contributed by atoms with Gasteiger partial charge in [-0.2, -0.15) is 0 Å². The van der Waals surface area contributed by atoms with Crippen molar-refractivity contribution in [3.05, 3.63) is 22.4 Å². The maximum absolute atomic E-state index is 10.7. The van der Waals surface area contributed by atoms with Crippen LogP contribution in [0.25, 0.3) is 0 Å². The van der Waals surface area contributed by atoms with Gasteiger partial charge in [0.2, 0.25) is 0 Å². The van der Waals surface area contributed by atoms with Crippen LogP contribution in [0.3, 0.4) is 0 Å². The average molecular weight is 200 g/mol. The minimum Gasteiger partial charge on any atom is -0.481 e. The Kier molecular flexibility index (Phi) is 3.45. The van der Waals surface area contributed by atoms with Crippen LogP contribution in [-0.2, 0) is 4.79 Å². The van der Waals surface area contributed by atoms with E-state index in [1.165, 1.54) is 11.3 Å². The number of aliphatic hydroxyl groups excluding tert-OH is 1. The Morgan fingerprint density at radius 1 is 1.69 bits per heavy atom. The molecule has 1 aromatic heterocycles. The van der Waals surface area contributed by atoms with Crippen LogP contribution in [0.5, 0.6) is 0 Å². The van der Waals surface area contributed by atoms with Crippen LogP contribution in [0.4, 0.5) is 0 Å². The fourth-order valence-corrected chi connectivity index (χ4v) is 1.97. The van der Waals surface area contributed by atoms with Gasteiger partial charge in [-0.3, -0.25) is 4.79 Å². The van der Waals surface area contributed by atoms with Crippen molar-refractivity contribution < 1.29 is 15.0 Å². The topological polar surface area (TPSA) is 57.5 Å². The van der Waals surface area contributed by atoms with Crippen LogP contribution in [0.2, 0.25) is 0 Å². The second kappa shape index (κ2) is 4.39. The standard InChI is InChI=1S/C9H12O3S/c1-2-6(9(11)12)8(10)7-4-3-5-13-7/h3-6,8,10H,2H2,1H3,(H,11,12)/t6-,8?/m0/s1. The molecule has 0 aromatic carbocycles. The molecule has 2 atom stereocenters. The third-order valence-corrected chi connectivity index (χ3v) is 2.92. The van der Waals surface area contributed by atoms with E-state index >= 15 is 0 Å². The van der Waals surface area contributed by atoms with E-state index < -0.39 is 18.0 Å². The minimum atomic E-state index is -0.941. The highest BCUT2D eigenvalue weighted by atomic mass is 32.1. The molecule has 4 heteroatoms. The number of hydrogen-bond acceptors (Lipinski definition) is 3. The smallest absolute Gasteiger partial charge is 0.309 e. The Balaban J connectivity index is 2.76. The van der Waals surface area contributed by atoms with Gasteiger partial charge in [0.25, 0.3) is 0 Å². The average Bonchev–Trinajstić information content (AvgIpc) is 2.56. The second-order valence-corrected chi connectivity index (χ2v) is 3.79. The lowest BCUT2D eigenvalue weighted by Crippen LogP contribution is -2.20. The van der Waals surface area contributed by atoms with E-state index in [2.05, 4.69) is 0 Å². The van der Waals surface area contributed by atoms with Crippen molar-refractivity contribution in [3.8, 4) is 0 Å². The predicted molar refractivity (Wildman–Crippen MR) is 50.7 cm³/mol. The number of carbonyl (C=O) groups is 1. The highest BCUT2D eigenvalue weighted by molar-refractivity contribution is 7.10. The molecule has 0 saturated carbocycles. The summed E-state index contributed by atoms with van der Waals surface area (Å²) in [4.78, 5) is 11.4. The molecule has 0 spiro atoms. The maximum Gasteiger partial charge on any atom is 0.309 e. The largest absolute Gasteiger partial charge is 0.481 e. The summed E-state index contributed by atoms with van der Waals surface area (Å²) in [6.07, 6.45) is -0.434. The normalized spacial score (nSPS) is 15.2. The lowest BCUT2D eigenvalue weighted by Gasteiger charge is -2.15. The zero-order chi connectivity index (χ0) is 9.84. The highest BCUT2D eigenvalue weighted by Gasteiger charge is 2.26. The second-order valence-electron chi connectivity index (χ2n) is 2.81. The van der Waals surface area contributed by atoms with Crippen molar-refractivity contribution in [2.75, 3.05) is 0 Å². The molecule has 0 fully saturated rings. The van der Waals surface area contributed by atoms with E-state index in [1.807, 2.05) is 5.38 Å². The number of aliphatic hydroxyl groups is 1. The van der Waals surface area contributed by atoms with Crippen LogP contribution in [0.15, 0.2) is 17.5 Å². The zero-order valence-corrected chi connectivity index (χ0v) is 8.12. The van der Waals surface area contributed by atoms with Crippen LogP contribution in [0, 0.1) is 5.92 Å². The molecule has 72 valence electrons. The third-order valence-electron chi connectivity index (χ3n) is 1.97. The van der Waals surface area contributed by atoms with Gasteiger partial charge >= 0.3 is 5.97 Å². The number of hydrogen-bond donors (Lipinski definition) is 2. The van der Waals surface area contributed by atoms with E-state index in [9.17, 15) is 9.90 Å². The first kappa shape index (κ1) is 10.2. The van der Waals surface area contributed by atoms with Crippen molar-refractivity contribution in [2.24, 2.45) is 5.92 Å². The van der Waals surface area contributed by atoms with Gasteiger partial charge in [-0.1, -0.05) is 13.0 Å². The van der Waals surface area contributed by atoms with E-state index in [1.54, 1.807) is 19.1 Å². The van der Waals surface area contributed by atoms with Crippen molar-refractivity contribution in [3.63, 3.8) is 0 Å². The predicted octanol–water partition coefficient (Wildman–Crippen LogP) is 1.89. The summed E-state index contributed by atoms with van der Waals surface area (Å²) in [5.41, 5.74) is 0. The van der Waals surface area contributed by atoms with Crippen molar-refractivity contribution in [2.45, 2.75) is 19.4 Å². The number of carboxylic acid groups (broad SMARTS) is 1. The zero-order valence-electron chi connectivity index (χ0n) is 7.30. The molecule has 1 heterocycles. The molecule has 0 aliphatic carbocycles. The Hall–Kier alpha value is -0.870. The van der Waals surface area contributed by atoms with Gasteiger partial charge in [0.1, 0.15) is 6.10 Å². The fourth-order valence-electron chi connectivity index (χ4n) is 1.19. The molecular formula is C9H12O3S. The van der Waals surface area contributed by atoms with Crippen LogP contribution < -0.4 is 0 Å².